The molecular weight excluding hydrogens is 362 g/mol. The van der Waals surface area contributed by atoms with Crippen LogP contribution in [0, 0.1) is 11.3 Å². The molecule has 0 aromatic heterocycles. The number of nitriles is 1. The highest BCUT2D eigenvalue weighted by atomic mass is 32.2. The molecule has 0 atom stereocenters. The van der Waals surface area contributed by atoms with Crippen molar-refractivity contribution in [1.29, 1.82) is 5.26 Å². The molecule has 2 aromatic rings. The van der Waals surface area contributed by atoms with Crippen molar-refractivity contribution < 1.29 is 13.2 Å². The molecule has 2 aromatic carbocycles. The Labute approximate surface area is 160 Å². The van der Waals surface area contributed by atoms with Gasteiger partial charge in [0, 0.05) is 6.54 Å². The Bertz CT molecular complexity index is 945. The summed E-state index contributed by atoms with van der Waals surface area (Å²) in [6.45, 7) is 0.491. The number of benzene rings is 2. The van der Waals surface area contributed by atoms with Crippen LogP contribution in [0.15, 0.2) is 47.4 Å². The zero-order chi connectivity index (χ0) is 19.3. The molecule has 0 spiro atoms. The minimum absolute atomic E-state index is 0.0764. The number of rotatable bonds is 6. The van der Waals surface area contributed by atoms with Gasteiger partial charge in [0.1, 0.15) is 11.8 Å². The monoisotopic (exact) mass is 385 g/mol. The number of anilines is 1. The Balaban J connectivity index is 1.68. The average molecular weight is 385 g/mol. The van der Waals surface area contributed by atoms with Gasteiger partial charge in [0.2, 0.25) is 10.0 Å². The zero-order valence-electron chi connectivity index (χ0n) is 15.0. The molecule has 6 nitrogen and oxygen atoms in total. The summed E-state index contributed by atoms with van der Waals surface area (Å²) in [7, 11) is -3.83. The van der Waals surface area contributed by atoms with Gasteiger partial charge in [-0.15, -0.1) is 0 Å². The number of ether oxygens (including phenoxy) is 1. The molecule has 3 N–H and O–H groups in total. The lowest BCUT2D eigenvalue weighted by molar-refractivity contribution is 0.155. The Hall–Kier alpha value is -2.56. The zero-order valence-corrected chi connectivity index (χ0v) is 15.8. The first kappa shape index (κ1) is 19.2. The fourth-order valence-electron chi connectivity index (χ4n) is 3.25. The van der Waals surface area contributed by atoms with Gasteiger partial charge < -0.3 is 10.1 Å². The third-order valence-corrected chi connectivity index (χ3v) is 5.59. The molecule has 3 rings (SSSR count). The second-order valence-corrected chi connectivity index (χ2v) is 8.30. The van der Waals surface area contributed by atoms with Crippen LogP contribution in [0.2, 0.25) is 0 Å². The van der Waals surface area contributed by atoms with E-state index in [0.717, 1.165) is 24.2 Å². The molecular formula is C20H23N3O3S. The van der Waals surface area contributed by atoms with Gasteiger partial charge in [-0.05, 0) is 61.6 Å². The van der Waals surface area contributed by atoms with Crippen LogP contribution < -0.4 is 15.2 Å². The third-order valence-electron chi connectivity index (χ3n) is 4.68. The summed E-state index contributed by atoms with van der Waals surface area (Å²) >= 11 is 0. The molecule has 0 unspecified atom stereocenters. The van der Waals surface area contributed by atoms with Crippen LogP contribution in [-0.2, 0) is 16.6 Å². The molecule has 142 valence electrons. The number of hydrogen-bond donors (Lipinski definition) is 2. The predicted molar refractivity (Wildman–Crippen MR) is 104 cm³/mol. The first-order valence-corrected chi connectivity index (χ1v) is 10.6. The van der Waals surface area contributed by atoms with Crippen molar-refractivity contribution in [3.8, 4) is 11.8 Å². The van der Waals surface area contributed by atoms with E-state index >= 15 is 0 Å². The van der Waals surface area contributed by atoms with Crippen LogP contribution in [-0.4, -0.2) is 14.5 Å². The van der Waals surface area contributed by atoms with E-state index in [-0.39, 0.29) is 16.6 Å². The van der Waals surface area contributed by atoms with Crippen molar-refractivity contribution in [3.05, 3.63) is 53.6 Å². The Morgan fingerprint density at radius 2 is 1.93 bits per heavy atom. The largest absolute Gasteiger partial charge is 0.490 e. The summed E-state index contributed by atoms with van der Waals surface area (Å²) in [5.74, 6) is 0.853. The molecule has 1 aliphatic rings. The molecule has 1 saturated carbocycles. The van der Waals surface area contributed by atoms with Crippen LogP contribution in [0.1, 0.15) is 43.2 Å². The predicted octanol–water partition coefficient (Wildman–Crippen LogP) is 3.53. The molecule has 0 bridgehead atoms. The minimum Gasteiger partial charge on any atom is -0.490 e. The number of hydrogen-bond acceptors (Lipinski definition) is 5. The highest BCUT2D eigenvalue weighted by Crippen LogP contribution is 2.25. The van der Waals surface area contributed by atoms with E-state index in [1.54, 1.807) is 6.07 Å². The van der Waals surface area contributed by atoms with Gasteiger partial charge in [-0.3, -0.25) is 0 Å². The number of primary sulfonamides is 1. The molecule has 1 fully saturated rings. The summed E-state index contributed by atoms with van der Waals surface area (Å²) in [4.78, 5) is -0.0764. The normalized spacial score (nSPS) is 15.1. The third kappa shape index (κ3) is 5.22. The van der Waals surface area contributed by atoms with Crippen molar-refractivity contribution in [1.82, 2.24) is 0 Å². The second kappa shape index (κ2) is 8.42. The molecule has 27 heavy (non-hydrogen) atoms. The van der Waals surface area contributed by atoms with Crippen LogP contribution in [0.5, 0.6) is 5.75 Å². The summed E-state index contributed by atoms with van der Waals surface area (Å²) in [6.07, 6.45) is 6.22. The lowest BCUT2D eigenvalue weighted by Crippen LogP contribution is -2.19. The van der Waals surface area contributed by atoms with E-state index in [1.165, 1.54) is 31.4 Å². The van der Waals surface area contributed by atoms with Gasteiger partial charge in [-0.1, -0.05) is 18.6 Å². The number of nitrogens with zero attached hydrogens (tertiary/aromatic N) is 1. The maximum absolute atomic E-state index is 11.4. The van der Waals surface area contributed by atoms with Crippen molar-refractivity contribution >= 4 is 15.7 Å². The van der Waals surface area contributed by atoms with Gasteiger partial charge in [0.05, 0.1) is 22.3 Å². The highest BCUT2D eigenvalue weighted by Gasteiger charge is 2.15. The van der Waals surface area contributed by atoms with Gasteiger partial charge in [0.15, 0.2) is 0 Å². The molecule has 0 radical (unpaired) electrons. The SMILES string of the molecule is N#Cc1cc(S(N)(=O)=O)ccc1NCc1cccc(OC2CCCCC2)c1. The lowest BCUT2D eigenvalue weighted by Gasteiger charge is -2.23. The molecule has 0 heterocycles. The molecule has 7 heteroatoms. The quantitative estimate of drug-likeness (QED) is 0.791. The van der Waals surface area contributed by atoms with E-state index in [9.17, 15) is 13.7 Å². The number of nitrogens with one attached hydrogen (secondary N) is 1. The summed E-state index contributed by atoms with van der Waals surface area (Å²) in [5.41, 5.74) is 1.81. The topological polar surface area (TPSA) is 105 Å². The lowest BCUT2D eigenvalue weighted by atomic mass is 9.98. The van der Waals surface area contributed by atoms with Gasteiger partial charge in [0.25, 0.3) is 0 Å². The van der Waals surface area contributed by atoms with E-state index in [2.05, 4.69) is 5.32 Å². The molecule has 0 amide bonds. The first-order chi connectivity index (χ1) is 13.0. The van der Waals surface area contributed by atoms with Crippen molar-refractivity contribution in [2.24, 2.45) is 5.14 Å². The molecule has 1 aliphatic carbocycles. The first-order valence-electron chi connectivity index (χ1n) is 9.02. The number of sulfonamides is 1. The Morgan fingerprint density at radius 3 is 2.63 bits per heavy atom. The van der Waals surface area contributed by atoms with Gasteiger partial charge in [-0.25, -0.2) is 13.6 Å². The van der Waals surface area contributed by atoms with Gasteiger partial charge >= 0.3 is 0 Å². The van der Waals surface area contributed by atoms with Crippen molar-refractivity contribution in [2.75, 3.05) is 5.32 Å². The maximum atomic E-state index is 11.4. The van der Waals surface area contributed by atoms with E-state index < -0.39 is 10.0 Å². The Morgan fingerprint density at radius 1 is 1.15 bits per heavy atom. The fourth-order valence-corrected chi connectivity index (χ4v) is 3.79. The molecule has 0 aliphatic heterocycles. The van der Waals surface area contributed by atoms with Crippen LogP contribution in [0.3, 0.4) is 0 Å². The van der Waals surface area contributed by atoms with Crippen molar-refractivity contribution in [3.63, 3.8) is 0 Å². The minimum atomic E-state index is -3.83. The van der Waals surface area contributed by atoms with Crippen molar-refractivity contribution in [2.45, 2.75) is 49.6 Å². The van der Waals surface area contributed by atoms with Crippen LogP contribution in [0.4, 0.5) is 5.69 Å². The van der Waals surface area contributed by atoms with Crippen LogP contribution in [0.25, 0.3) is 0 Å². The second-order valence-electron chi connectivity index (χ2n) is 6.74. The fraction of sp³-hybridized carbons (Fsp3) is 0.350. The van der Waals surface area contributed by atoms with Gasteiger partial charge in [-0.2, -0.15) is 5.26 Å². The smallest absolute Gasteiger partial charge is 0.238 e. The maximum Gasteiger partial charge on any atom is 0.238 e. The average Bonchev–Trinajstić information content (AvgIpc) is 2.66. The van der Waals surface area contributed by atoms with E-state index in [1.807, 2.05) is 30.3 Å². The summed E-state index contributed by atoms with van der Waals surface area (Å²) < 4.78 is 28.9. The van der Waals surface area contributed by atoms with E-state index in [0.29, 0.717) is 12.2 Å². The highest BCUT2D eigenvalue weighted by molar-refractivity contribution is 7.89. The van der Waals surface area contributed by atoms with E-state index in [4.69, 9.17) is 9.88 Å². The van der Waals surface area contributed by atoms with Crippen LogP contribution >= 0.6 is 0 Å². The summed E-state index contributed by atoms with van der Waals surface area (Å²) in [5, 5.41) is 17.6. The molecule has 0 saturated heterocycles. The Kier molecular flexibility index (Phi) is 5.99. The standard InChI is InChI=1S/C20H23N3O3S/c21-13-16-12-19(27(22,24)25)9-10-20(16)23-14-15-5-4-8-18(11-15)26-17-6-2-1-3-7-17/h4-5,8-12,17,23H,1-3,6-7,14H2,(H2,22,24,25). The summed E-state index contributed by atoms with van der Waals surface area (Å²) in [6, 6.07) is 14.1. The number of nitrogens with two attached hydrogens (primary N) is 1.